The first-order valence-corrected chi connectivity index (χ1v) is 8.85. The van der Waals surface area contributed by atoms with Gasteiger partial charge in [0, 0.05) is 5.56 Å². The lowest BCUT2D eigenvalue weighted by atomic mass is 9.90. The standard InChI is InChI=1S/C20H24ClNO/c21-18-13-7-12-17(19(22)16-10-5-2-6-11-16)20(18)23-14-15-8-3-1-4-9-15/h2,5-7,10-13,15,19H,1,3-4,8-9,14,22H2. The third-order valence-corrected chi connectivity index (χ3v) is 4.98. The van der Waals surface area contributed by atoms with Crippen LogP contribution in [0.2, 0.25) is 5.02 Å². The van der Waals surface area contributed by atoms with Crippen LogP contribution in [0.25, 0.3) is 0 Å². The first kappa shape index (κ1) is 16.4. The van der Waals surface area contributed by atoms with Gasteiger partial charge >= 0.3 is 0 Å². The van der Waals surface area contributed by atoms with Crippen molar-refractivity contribution in [1.82, 2.24) is 0 Å². The molecule has 1 aliphatic carbocycles. The molecule has 1 fully saturated rings. The maximum Gasteiger partial charge on any atom is 0.142 e. The van der Waals surface area contributed by atoms with E-state index in [1.54, 1.807) is 0 Å². The molecule has 0 bridgehead atoms. The van der Waals surface area contributed by atoms with Gasteiger partial charge in [-0.05, 0) is 30.4 Å². The molecular formula is C20H24ClNO. The summed E-state index contributed by atoms with van der Waals surface area (Å²) in [5.41, 5.74) is 8.48. The SMILES string of the molecule is NC(c1ccccc1)c1cccc(Cl)c1OCC1CCCCC1. The Morgan fingerprint density at radius 1 is 1.00 bits per heavy atom. The van der Waals surface area contributed by atoms with Gasteiger partial charge in [0.25, 0.3) is 0 Å². The van der Waals surface area contributed by atoms with Gasteiger partial charge in [0.05, 0.1) is 17.7 Å². The molecule has 0 radical (unpaired) electrons. The summed E-state index contributed by atoms with van der Waals surface area (Å²) in [7, 11) is 0. The van der Waals surface area contributed by atoms with E-state index in [1.807, 2.05) is 48.5 Å². The summed E-state index contributed by atoms with van der Waals surface area (Å²) in [6, 6.07) is 15.7. The zero-order valence-corrected chi connectivity index (χ0v) is 14.1. The Balaban J connectivity index is 1.79. The van der Waals surface area contributed by atoms with Crippen LogP contribution in [0.15, 0.2) is 48.5 Å². The van der Waals surface area contributed by atoms with Gasteiger partial charge in [-0.25, -0.2) is 0 Å². The van der Waals surface area contributed by atoms with Crippen LogP contribution in [0, 0.1) is 5.92 Å². The van der Waals surface area contributed by atoms with Gasteiger partial charge in [0.15, 0.2) is 0 Å². The Morgan fingerprint density at radius 2 is 1.74 bits per heavy atom. The van der Waals surface area contributed by atoms with Crippen molar-refractivity contribution >= 4 is 11.6 Å². The fourth-order valence-corrected chi connectivity index (χ4v) is 3.55. The molecule has 1 unspecified atom stereocenters. The molecule has 0 heterocycles. The van der Waals surface area contributed by atoms with Crippen LogP contribution in [0.1, 0.15) is 49.3 Å². The molecule has 122 valence electrons. The van der Waals surface area contributed by atoms with E-state index in [0.717, 1.165) is 23.5 Å². The van der Waals surface area contributed by atoms with E-state index in [2.05, 4.69) is 0 Å². The fourth-order valence-electron chi connectivity index (χ4n) is 3.32. The first-order chi connectivity index (χ1) is 11.3. The molecule has 0 aromatic heterocycles. The zero-order valence-electron chi connectivity index (χ0n) is 13.4. The van der Waals surface area contributed by atoms with Crippen molar-refractivity contribution in [3.05, 3.63) is 64.7 Å². The van der Waals surface area contributed by atoms with E-state index in [1.165, 1.54) is 32.1 Å². The lowest BCUT2D eigenvalue weighted by molar-refractivity contribution is 0.207. The van der Waals surface area contributed by atoms with E-state index in [4.69, 9.17) is 22.1 Å². The van der Waals surface area contributed by atoms with Crippen molar-refractivity contribution in [3.8, 4) is 5.75 Å². The van der Waals surface area contributed by atoms with E-state index < -0.39 is 0 Å². The van der Waals surface area contributed by atoms with Gasteiger partial charge in [0.2, 0.25) is 0 Å². The molecule has 0 saturated heterocycles. The smallest absolute Gasteiger partial charge is 0.142 e. The van der Waals surface area contributed by atoms with Crippen molar-refractivity contribution in [3.63, 3.8) is 0 Å². The largest absolute Gasteiger partial charge is 0.491 e. The van der Waals surface area contributed by atoms with Crippen LogP contribution in [0.5, 0.6) is 5.75 Å². The van der Waals surface area contributed by atoms with Crippen molar-refractivity contribution in [1.29, 1.82) is 0 Å². The Bertz CT molecular complexity index is 623. The van der Waals surface area contributed by atoms with Crippen LogP contribution < -0.4 is 10.5 Å². The Hall–Kier alpha value is -1.51. The summed E-state index contributed by atoms with van der Waals surface area (Å²) in [6.45, 7) is 0.734. The molecule has 23 heavy (non-hydrogen) atoms. The average Bonchev–Trinajstić information content (AvgIpc) is 2.61. The first-order valence-electron chi connectivity index (χ1n) is 8.47. The van der Waals surface area contributed by atoms with Crippen LogP contribution in [-0.4, -0.2) is 6.61 Å². The molecular weight excluding hydrogens is 306 g/mol. The molecule has 2 aromatic carbocycles. The van der Waals surface area contributed by atoms with Crippen LogP contribution >= 0.6 is 11.6 Å². The van der Waals surface area contributed by atoms with Crippen LogP contribution in [0.3, 0.4) is 0 Å². The summed E-state index contributed by atoms with van der Waals surface area (Å²) < 4.78 is 6.14. The van der Waals surface area contributed by atoms with Gasteiger partial charge < -0.3 is 10.5 Å². The number of para-hydroxylation sites is 1. The van der Waals surface area contributed by atoms with E-state index in [-0.39, 0.29) is 6.04 Å². The number of nitrogens with two attached hydrogens (primary N) is 1. The zero-order chi connectivity index (χ0) is 16.1. The molecule has 1 aliphatic rings. The van der Waals surface area contributed by atoms with Crippen molar-refractivity contribution < 1.29 is 4.74 Å². The van der Waals surface area contributed by atoms with Gasteiger partial charge in [-0.15, -0.1) is 0 Å². The molecule has 2 N–H and O–H groups in total. The Kier molecular flexibility index (Phi) is 5.58. The van der Waals surface area contributed by atoms with Gasteiger partial charge in [-0.3, -0.25) is 0 Å². The fraction of sp³-hybridized carbons (Fsp3) is 0.400. The normalized spacial score (nSPS) is 17.0. The highest BCUT2D eigenvalue weighted by Gasteiger charge is 2.19. The summed E-state index contributed by atoms with van der Waals surface area (Å²) in [6.07, 6.45) is 6.49. The van der Waals surface area contributed by atoms with Crippen LogP contribution in [0.4, 0.5) is 0 Å². The van der Waals surface area contributed by atoms with E-state index in [0.29, 0.717) is 10.9 Å². The van der Waals surface area contributed by atoms with Crippen molar-refractivity contribution in [2.75, 3.05) is 6.61 Å². The van der Waals surface area contributed by atoms with E-state index in [9.17, 15) is 0 Å². The second kappa shape index (κ2) is 7.85. The second-order valence-corrected chi connectivity index (χ2v) is 6.77. The maximum absolute atomic E-state index is 6.46. The number of hydrogen-bond donors (Lipinski definition) is 1. The highest BCUT2D eigenvalue weighted by molar-refractivity contribution is 6.32. The topological polar surface area (TPSA) is 35.2 Å². The molecule has 0 amide bonds. The van der Waals surface area contributed by atoms with Gasteiger partial charge in [0.1, 0.15) is 5.75 Å². The molecule has 3 rings (SSSR count). The molecule has 3 heteroatoms. The summed E-state index contributed by atoms with van der Waals surface area (Å²) in [5, 5.41) is 0.643. The third kappa shape index (κ3) is 4.07. The molecule has 1 atom stereocenters. The molecule has 1 saturated carbocycles. The van der Waals surface area contributed by atoms with Crippen molar-refractivity contribution in [2.45, 2.75) is 38.1 Å². The Labute approximate surface area is 143 Å². The second-order valence-electron chi connectivity index (χ2n) is 6.36. The number of ether oxygens (including phenoxy) is 1. The molecule has 0 aliphatic heterocycles. The average molecular weight is 330 g/mol. The highest BCUT2D eigenvalue weighted by Crippen LogP contribution is 2.35. The van der Waals surface area contributed by atoms with Crippen molar-refractivity contribution in [2.24, 2.45) is 11.7 Å². The lowest BCUT2D eigenvalue weighted by Crippen LogP contribution is -2.18. The predicted molar refractivity (Wildman–Crippen MR) is 96.0 cm³/mol. The predicted octanol–water partition coefficient (Wildman–Crippen LogP) is 5.35. The highest BCUT2D eigenvalue weighted by atomic mass is 35.5. The number of hydrogen-bond acceptors (Lipinski definition) is 2. The number of rotatable bonds is 5. The minimum atomic E-state index is -0.226. The van der Waals surface area contributed by atoms with Gasteiger partial charge in [-0.1, -0.05) is 73.3 Å². The maximum atomic E-state index is 6.46. The minimum absolute atomic E-state index is 0.226. The summed E-state index contributed by atoms with van der Waals surface area (Å²) in [5.74, 6) is 1.39. The van der Waals surface area contributed by atoms with E-state index >= 15 is 0 Å². The molecule has 2 aromatic rings. The molecule has 2 nitrogen and oxygen atoms in total. The van der Waals surface area contributed by atoms with Gasteiger partial charge in [-0.2, -0.15) is 0 Å². The summed E-state index contributed by atoms with van der Waals surface area (Å²) in [4.78, 5) is 0. The number of benzene rings is 2. The lowest BCUT2D eigenvalue weighted by Gasteiger charge is -2.24. The van der Waals surface area contributed by atoms with Crippen LogP contribution in [-0.2, 0) is 0 Å². The minimum Gasteiger partial charge on any atom is -0.491 e. The third-order valence-electron chi connectivity index (χ3n) is 4.68. The Morgan fingerprint density at radius 3 is 2.48 bits per heavy atom. The monoisotopic (exact) mass is 329 g/mol. The quantitative estimate of drug-likeness (QED) is 0.802. The summed E-state index contributed by atoms with van der Waals surface area (Å²) >= 11 is 6.40. The molecule has 0 spiro atoms. The number of halogens is 1.